The number of piperazine rings is 1. The van der Waals surface area contributed by atoms with E-state index in [4.69, 9.17) is 9.47 Å². The molecule has 0 bridgehead atoms. The molecule has 1 saturated heterocycles. The Hall–Kier alpha value is -3.77. The van der Waals surface area contributed by atoms with E-state index in [1.54, 1.807) is 11.0 Å². The van der Waals surface area contributed by atoms with Gasteiger partial charge in [0.1, 0.15) is 23.1 Å². The highest BCUT2D eigenvalue weighted by atomic mass is 19.4. The summed E-state index contributed by atoms with van der Waals surface area (Å²) in [6.07, 6.45) is -2.55. The van der Waals surface area contributed by atoms with Gasteiger partial charge in [-0.3, -0.25) is 10.1 Å². The van der Waals surface area contributed by atoms with Crippen LogP contribution in [0.15, 0.2) is 36.4 Å². The monoisotopic (exact) mass is 565 g/mol. The van der Waals surface area contributed by atoms with E-state index in [0.29, 0.717) is 57.7 Å². The summed E-state index contributed by atoms with van der Waals surface area (Å²) in [6.45, 7) is 7.80. The van der Waals surface area contributed by atoms with Crippen LogP contribution in [0.5, 0.6) is 5.88 Å². The Kier molecular flexibility index (Phi) is 8.59. The molecule has 1 saturated carbocycles. The maximum Gasteiger partial charge on any atom is 0.423 e. The number of aromatic nitrogens is 1. The molecular weight excluding hydrogens is 531 g/mol. The summed E-state index contributed by atoms with van der Waals surface area (Å²) in [5.74, 6) is 1.25. The minimum atomic E-state index is -4.82. The van der Waals surface area contributed by atoms with E-state index in [2.05, 4.69) is 15.2 Å². The van der Waals surface area contributed by atoms with Crippen LogP contribution in [-0.2, 0) is 10.9 Å². The van der Waals surface area contributed by atoms with Gasteiger partial charge in [-0.2, -0.15) is 18.2 Å². The Morgan fingerprint density at radius 3 is 2.33 bits per heavy atom. The largest absolute Gasteiger partial charge is 0.474 e. The number of nitrogens with zero attached hydrogens (tertiary/aromatic N) is 4. The second kappa shape index (κ2) is 11.8. The highest BCUT2D eigenvalue weighted by molar-refractivity contribution is 5.68. The second-order valence-corrected chi connectivity index (χ2v) is 11.0. The van der Waals surface area contributed by atoms with Crippen LogP contribution in [-0.4, -0.2) is 64.8 Å². The van der Waals surface area contributed by atoms with E-state index in [1.165, 1.54) is 6.07 Å². The van der Waals surface area contributed by atoms with E-state index < -0.39 is 28.0 Å². The van der Waals surface area contributed by atoms with Gasteiger partial charge in [0.2, 0.25) is 5.88 Å². The number of hydrogen-bond donors (Lipinski definition) is 1. The predicted octanol–water partition coefficient (Wildman–Crippen LogP) is 5.87. The number of halogens is 3. The number of ether oxygens (including phenoxy) is 2. The molecule has 0 spiro atoms. The van der Waals surface area contributed by atoms with Crippen molar-refractivity contribution in [2.45, 2.75) is 70.4 Å². The van der Waals surface area contributed by atoms with Crippen LogP contribution >= 0.6 is 0 Å². The number of anilines is 2. The number of hydrogen-bond acceptors (Lipinski definition) is 8. The Balaban J connectivity index is 1.28. The fraction of sp³-hybridized carbons (Fsp3) is 0.556. The van der Waals surface area contributed by atoms with Crippen molar-refractivity contribution in [3.05, 3.63) is 52.1 Å². The summed E-state index contributed by atoms with van der Waals surface area (Å²) in [4.78, 5) is 30.7. The third-order valence-electron chi connectivity index (χ3n) is 6.80. The molecule has 0 atom stereocenters. The predicted molar refractivity (Wildman–Crippen MR) is 143 cm³/mol. The van der Waals surface area contributed by atoms with Crippen LogP contribution < -0.4 is 15.0 Å². The molecule has 1 amide bonds. The lowest BCUT2D eigenvalue weighted by Crippen LogP contribution is -2.50. The zero-order valence-electron chi connectivity index (χ0n) is 22.7. The van der Waals surface area contributed by atoms with Crippen molar-refractivity contribution in [2.24, 2.45) is 0 Å². The minimum Gasteiger partial charge on any atom is -0.474 e. The number of nitro groups is 1. The number of alkyl halides is 3. The van der Waals surface area contributed by atoms with Crippen molar-refractivity contribution in [3.8, 4) is 5.88 Å². The normalized spacial score (nSPS) is 20.1. The van der Waals surface area contributed by atoms with Crippen molar-refractivity contribution in [1.82, 2.24) is 9.88 Å². The molecule has 2 aromatic rings. The van der Waals surface area contributed by atoms with Crippen molar-refractivity contribution >= 4 is 23.3 Å². The topological polar surface area (TPSA) is 110 Å². The molecular formula is C27H34F3N5O5. The van der Waals surface area contributed by atoms with E-state index in [1.807, 2.05) is 32.9 Å². The van der Waals surface area contributed by atoms with Crippen LogP contribution in [0.3, 0.4) is 0 Å². The van der Waals surface area contributed by atoms with Crippen molar-refractivity contribution in [3.63, 3.8) is 0 Å². The molecule has 218 valence electrons. The van der Waals surface area contributed by atoms with E-state index in [9.17, 15) is 28.1 Å². The van der Waals surface area contributed by atoms with Crippen LogP contribution in [0.25, 0.3) is 0 Å². The van der Waals surface area contributed by atoms with Gasteiger partial charge >= 0.3 is 12.3 Å². The zero-order valence-corrected chi connectivity index (χ0v) is 22.7. The molecule has 0 unspecified atom stereocenters. The molecule has 1 aromatic carbocycles. The Morgan fingerprint density at radius 2 is 1.73 bits per heavy atom. The maximum absolute atomic E-state index is 13.3. The summed E-state index contributed by atoms with van der Waals surface area (Å²) in [6, 6.07) is 8.47. The lowest BCUT2D eigenvalue weighted by molar-refractivity contribution is -0.388. The molecule has 4 rings (SSSR count). The number of carbonyl (C=O) groups excluding carboxylic acids is 1. The fourth-order valence-electron chi connectivity index (χ4n) is 4.83. The molecule has 2 fully saturated rings. The van der Waals surface area contributed by atoms with Gasteiger partial charge in [0, 0.05) is 50.0 Å². The summed E-state index contributed by atoms with van der Waals surface area (Å²) in [7, 11) is 0. The summed E-state index contributed by atoms with van der Waals surface area (Å²) in [5.41, 5.74) is -2.58. The fourth-order valence-corrected chi connectivity index (χ4v) is 4.83. The van der Waals surface area contributed by atoms with Crippen LogP contribution in [0, 0.1) is 10.1 Å². The average Bonchev–Trinajstić information content (AvgIpc) is 2.88. The van der Waals surface area contributed by atoms with Crippen LogP contribution in [0.2, 0.25) is 0 Å². The lowest BCUT2D eigenvalue weighted by atomic mass is 9.92. The molecule has 10 nitrogen and oxygen atoms in total. The number of carbonyl (C=O) groups is 1. The van der Waals surface area contributed by atoms with Gasteiger partial charge in [-0.1, -0.05) is 6.07 Å². The van der Waals surface area contributed by atoms with Gasteiger partial charge in [0.15, 0.2) is 0 Å². The Morgan fingerprint density at radius 1 is 1.05 bits per heavy atom. The minimum absolute atomic E-state index is 0.0806. The number of pyridine rings is 1. The quantitative estimate of drug-likeness (QED) is 0.342. The molecule has 1 aliphatic heterocycles. The van der Waals surface area contributed by atoms with Crippen LogP contribution in [0.4, 0.5) is 35.2 Å². The average molecular weight is 566 g/mol. The summed E-state index contributed by atoms with van der Waals surface area (Å²) >= 11 is 0. The maximum atomic E-state index is 13.3. The first kappa shape index (κ1) is 29.2. The van der Waals surface area contributed by atoms with Gasteiger partial charge in [-0.15, -0.1) is 0 Å². The highest BCUT2D eigenvalue weighted by Crippen LogP contribution is 2.38. The number of rotatable bonds is 6. The van der Waals surface area contributed by atoms with Crippen molar-refractivity contribution < 1.29 is 32.4 Å². The first-order valence-corrected chi connectivity index (χ1v) is 13.3. The molecule has 1 aliphatic carbocycles. The molecule has 2 aliphatic rings. The third-order valence-corrected chi connectivity index (χ3v) is 6.80. The smallest absolute Gasteiger partial charge is 0.423 e. The van der Waals surface area contributed by atoms with Crippen molar-refractivity contribution in [2.75, 3.05) is 36.4 Å². The standard InChI is InChI=1S/C27H34F3N5O5/c1-26(2,3)40-25(36)34-15-13-33(14-16-34)23-5-4-6-24(32-23)39-20-10-7-18(8-11-20)31-19-9-12-22(35(37)38)21(17-19)27(28,29)30/h4-6,9,12,17-18,20,31H,7-8,10-11,13-16H2,1-3H3. The van der Waals surface area contributed by atoms with Crippen LogP contribution in [0.1, 0.15) is 52.0 Å². The van der Waals surface area contributed by atoms with E-state index in [-0.39, 0.29) is 23.9 Å². The second-order valence-electron chi connectivity index (χ2n) is 11.0. The molecule has 2 heterocycles. The SMILES string of the molecule is CC(C)(C)OC(=O)N1CCN(c2cccc(OC3CCC(Nc4ccc([N+](=O)[O-])c(C(F)(F)F)c4)CC3)n2)CC1. The molecule has 0 radical (unpaired) electrons. The van der Waals surface area contributed by atoms with Gasteiger partial charge in [0.25, 0.3) is 5.69 Å². The first-order chi connectivity index (χ1) is 18.8. The van der Waals surface area contributed by atoms with E-state index in [0.717, 1.165) is 18.0 Å². The Labute approximate surface area is 230 Å². The molecule has 1 aromatic heterocycles. The molecule has 1 N–H and O–H groups in total. The number of amides is 1. The van der Waals surface area contributed by atoms with Gasteiger partial charge < -0.3 is 24.6 Å². The lowest BCUT2D eigenvalue weighted by Gasteiger charge is -2.36. The van der Waals surface area contributed by atoms with Gasteiger partial charge in [-0.05, 0) is 64.7 Å². The number of nitrogens with one attached hydrogen (secondary N) is 1. The Bertz CT molecular complexity index is 1200. The van der Waals surface area contributed by atoms with Gasteiger partial charge in [0.05, 0.1) is 4.92 Å². The van der Waals surface area contributed by atoms with Crippen molar-refractivity contribution in [1.29, 1.82) is 0 Å². The first-order valence-electron chi connectivity index (χ1n) is 13.3. The molecule has 13 heteroatoms. The zero-order chi connectivity index (χ0) is 29.1. The third kappa shape index (κ3) is 7.66. The van der Waals surface area contributed by atoms with E-state index >= 15 is 0 Å². The highest BCUT2D eigenvalue weighted by Gasteiger charge is 2.38. The molecule has 40 heavy (non-hydrogen) atoms. The number of nitro benzene ring substituents is 1. The summed E-state index contributed by atoms with van der Waals surface area (Å²) < 4.78 is 51.5. The summed E-state index contributed by atoms with van der Waals surface area (Å²) in [5, 5.41) is 14.1. The number of benzene rings is 1. The van der Waals surface area contributed by atoms with Gasteiger partial charge in [-0.25, -0.2) is 4.79 Å².